The molecule has 0 rings (SSSR count). The van der Waals surface area contributed by atoms with Crippen molar-refractivity contribution < 1.29 is 4.79 Å². The van der Waals surface area contributed by atoms with Crippen molar-refractivity contribution in [3.8, 4) is 0 Å². The lowest BCUT2D eigenvalue weighted by molar-refractivity contribution is -0.120. The molecule has 1 amide bonds. The van der Waals surface area contributed by atoms with Gasteiger partial charge in [-0.25, -0.2) is 0 Å². The van der Waals surface area contributed by atoms with Gasteiger partial charge in [0.25, 0.3) is 0 Å². The molecular weight excluding hydrogens is 118 g/mol. The number of hydrogen-bond acceptors (Lipinski definition) is 3. The fraction of sp³-hybridized carbons (Fsp3) is 0.800. The number of rotatable bonds is 4. The van der Waals surface area contributed by atoms with Crippen molar-refractivity contribution in [2.75, 3.05) is 13.1 Å². The second-order valence-electron chi connectivity index (χ2n) is 1.66. The van der Waals surface area contributed by atoms with E-state index in [1.54, 1.807) is 0 Å². The van der Waals surface area contributed by atoms with Gasteiger partial charge in [-0.3, -0.25) is 16.1 Å². The SMILES string of the molecule is CCC(=O)NCCNN. The molecule has 0 unspecified atom stereocenters. The zero-order valence-electron chi connectivity index (χ0n) is 5.61. The summed E-state index contributed by atoms with van der Waals surface area (Å²) in [5.41, 5.74) is 2.43. The maximum Gasteiger partial charge on any atom is 0.219 e. The fourth-order valence-electron chi connectivity index (χ4n) is 0.399. The quantitative estimate of drug-likeness (QED) is 0.260. The second kappa shape index (κ2) is 5.53. The molecule has 0 fully saturated rings. The molecule has 0 aromatic carbocycles. The molecule has 54 valence electrons. The highest BCUT2D eigenvalue weighted by Gasteiger charge is 1.91. The Hall–Kier alpha value is -0.610. The van der Waals surface area contributed by atoms with Crippen LogP contribution in [-0.2, 0) is 4.79 Å². The number of hydrazine groups is 1. The molecule has 0 aliphatic heterocycles. The van der Waals surface area contributed by atoms with Gasteiger partial charge in [-0.2, -0.15) is 0 Å². The maximum absolute atomic E-state index is 10.5. The van der Waals surface area contributed by atoms with Gasteiger partial charge >= 0.3 is 0 Å². The standard InChI is InChI=1S/C5H13N3O/c1-2-5(9)7-3-4-8-6/h8H,2-4,6H2,1H3,(H,7,9). The van der Waals surface area contributed by atoms with Crippen molar-refractivity contribution in [3.05, 3.63) is 0 Å². The Morgan fingerprint density at radius 1 is 1.56 bits per heavy atom. The van der Waals surface area contributed by atoms with Crippen LogP contribution in [0.3, 0.4) is 0 Å². The smallest absolute Gasteiger partial charge is 0.219 e. The predicted octanol–water partition coefficient (Wildman–Crippen LogP) is -1.02. The molecule has 0 saturated heterocycles. The van der Waals surface area contributed by atoms with Crippen LogP contribution < -0.4 is 16.6 Å². The predicted molar refractivity (Wildman–Crippen MR) is 35.5 cm³/mol. The largest absolute Gasteiger partial charge is 0.355 e. The first-order valence-electron chi connectivity index (χ1n) is 3.01. The van der Waals surface area contributed by atoms with Crippen molar-refractivity contribution in [2.24, 2.45) is 5.84 Å². The Kier molecular flexibility index (Phi) is 5.15. The monoisotopic (exact) mass is 131 g/mol. The van der Waals surface area contributed by atoms with Crippen LogP contribution >= 0.6 is 0 Å². The first kappa shape index (κ1) is 8.39. The van der Waals surface area contributed by atoms with E-state index in [2.05, 4.69) is 10.7 Å². The molecule has 0 aromatic rings. The molecule has 4 N–H and O–H groups in total. The Balaban J connectivity index is 2.97. The van der Waals surface area contributed by atoms with E-state index in [1.165, 1.54) is 0 Å². The fourth-order valence-corrected chi connectivity index (χ4v) is 0.399. The van der Waals surface area contributed by atoms with Gasteiger partial charge in [0, 0.05) is 19.5 Å². The highest BCUT2D eigenvalue weighted by Crippen LogP contribution is 1.71. The van der Waals surface area contributed by atoms with Crippen LogP contribution in [0.4, 0.5) is 0 Å². The zero-order valence-corrected chi connectivity index (χ0v) is 5.61. The minimum Gasteiger partial charge on any atom is -0.355 e. The van der Waals surface area contributed by atoms with Crippen molar-refractivity contribution in [1.82, 2.24) is 10.7 Å². The minimum absolute atomic E-state index is 0.0604. The van der Waals surface area contributed by atoms with Gasteiger partial charge in [0.15, 0.2) is 0 Å². The number of carbonyl (C=O) groups excluding carboxylic acids is 1. The topological polar surface area (TPSA) is 67.2 Å². The van der Waals surface area contributed by atoms with E-state index in [0.29, 0.717) is 19.5 Å². The Morgan fingerprint density at radius 3 is 2.67 bits per heavy atom. The Morgan fingerprint density at radius 2 is 2.22 bits per heavy atom. The normalized spacial score (nSPS) is 9.11. The van der Waals surface area contributed by atoms with Gasteiger partial charge in [-0.15, -0.1) is 0 Å². The molecule has 0 atom stereocenters. The van der Waals surface area contributed by atoms with Gasteiger partial charge in [0.2, 0.25) is 5.91 Å². The second-order valence-corrected chi connectivity index (χ2v) is 1.66. The van der Waals surface area contributed by atoms with E-state index in [0.717, 1.165) is 0 Å². The van der Waals surface area contributed by atoms with Crippen molar-refractivity contribution in [1.29, 1.82) is 0 Å². The van der Waals surface area contributed by atoms with Crippen molar-refractivity contribution in [3.63, 3.8) is 0 Å². The van der Waals surface area contributed by atoms with Crippen LogP contribution in [-0.4, -0.2) is 19.0 Å². The molecule has 0 aromatic heterocycles. The van der Waals surface area contributed by atoms with E-state index in [4.69, 9.17) is 5.84 Å². The third-order valence-electron chi connectivity index (χ3n) is 0.913. The highest BCUT2D eigenvalue weighted by molar-refractivity contribution is 5.75. The van der Waals surface area contributed by atoms with Crippen LogP contribution in [0.25, 0.3) is 0 Å². The summed E-state index contributed by atoms with van der Waals surface area (Å²) in [4.78, 5) is 10.5. The molecule has 0 spiro atoms. The number of hydrogen-bond donors (Lipinski definition) is 3. The molecule has 0 heterocycles. The lowest BCUT2D eigenvalue weighted by Gasteiger charge is -2.00. The average molecular weight is 131 g/mol. The molecule has 4 nitrogen and oxygen atoms in total. The molecule has 4 heteroatoms. The molecule has 0 aliphatic carbocycles. The van der Waals surface area contributed by atoms with Crippen molar-refractivity contribution in [2.45, 2.75) is 13.3 Å². The van der Waals surface area contributed by atoms with Gasteiger partial charge in [0.05, 0.1) is 0 Å². The van der Waals surface area contributed by atoms with E-state index in [1.807, 2.05) is 6.92 Å². The highest BCUT2D eigenvalue weighted by atomic mass is 16.1. The summed E-state index contributed by atoms with van der Waals surface area (Å²) in [7, 11) is 0. The summed E-state index contributed by atoms with van der Waals surface area (Å²) in [5.74, 6) is 5.02. The third-order valence-corrected chi connectivity index (χ3v) is 0.913. The van der Waals surface area contributed by atoms with Gasteiger partial charge in [-0.05, 0) is 0 Å². The number of amides is 1. The van der Waals surface area contributed by atoms with E-state index < -0.39 is 0 Å². The summed E-state index contributed by atoms with van der Waals surface area (Å²) in [6.45, 7) is 3.03. The zero-order chi connectivity index (χ0) is 7.11. The van der Waals surface area contributed by atoms with Crippen LogP contribution in [0, 0.1) is 0 Å². The number of carbonyl (C=O) groups is 1. The first-order chi connectivity index (χ1) is 4.31. The van der Waals surface area contributed by atoms with E-state index >= 15 is 0 Å². The van der Waals surface area contributed by atoms with Crippen LogP contribution in [0.15, 0.2) is 0 Å². The van der Waals surface area contributed by atoms with Crippen LogP contribution in [0.5, 0.6) is 0 Å². The molecule has 0 bridgehead atoms. The van der Waals surface area contributed by atoms with E-state index in [-0.39, 0.29) is 5.91 Å². The molecule has 0 saturated carbocycles. The van der Waals surface area contributed by atoms with Crippen molar-refractivity contribution >= 4 is 5.91 Å². The van der Waals surface area contributed by atoms with Gasteiger partial charge < -0.3 is 5.32 Å². The number of nitrogens with one attached hydrogen (secondary N) is 2. The third kappa shape index (κ3) is 5.26. The molecule has 9 heavy (non-hydrogen) atoms. The van der Waals surface area contributed by atoms with Gasteiger partial charge in [0.1, 0.15) is 0 Å². The summed E-state index contributed by atoms with van der Waals surface area (Å²) in [6.07, 6.45) is 0.532. The average Bonchev–Trinajstić information content (AvgIpc) is 1.89. The van der Waals surface area contributed by atoms with E-state index in [9.17, 15) is 4.79 Å². The van der Waals surface area contributed by atoms with Crippen LogP contribution in [0.2, 0.25) is 0 Å². The number of nitrogens with two attached hydrogens (primary N) is 1. The lowest BCUT2D eigenvalue weighted by atomic mass is 10.4. The van der Waals surface area contributed by atoms with Gasteiger partial charge in [-0.1, -0.05) is 6.92 Å². The lowest BCUT2D eigenvalue weighted by Crippen LogP contribution is -2.34. The molecular formula is C5H13N3O. The maximum atomic E-state index is 10.5. The summed E-state index contributed by atoms with van der Waals surface area (Å²) in [5, 5.41) is 2.65. The first-order valence-corrected chi connectivity index (χ1v) is 3.01. The summed E-state index contributed by atoms with van der Waals surface area (Å²) < 4.78 is 0. The molecule has 0 radical (unpaired) electrons. The summed E-state index contributed by atoms with van der Waals surface area (Å²) >= 11 is 0. The summed E-state index contributed by atoms with van der Waals surface area (Å²) in [6, 6.07) is 0. The minimum atomic E-state index is 0.0604. The molecule has 0 aliphatic rings. The van der Waals surface area contributed by atoms with Crippen LogP contribution in [0.1, 0.15) is 13.3 Å². The Bertz CT molecular complexity index is 84.3. The Labute approximate surface area is 54.8 Å².